The summed E-state index contributed by atoms with van der Waals surface area (Å²) in [4.78, 5) is 1.44. The third kappa shape index (κ3) is 6.02. The Hall–Kier alpha value is -1.29. The predicted octanol–water partition coefficient (Wildman–Crippen LogP) is 6.12. The van der Waals surface area contributed by atoms with Gasteiger partial charge in [0.25, 0.3) is 0 Å². The van der Waals surface area contributed by atoms with Gasteiger partial charge in [0.05, 0.1) is 5.52 Å². The van der Waals surface area contributed by atoms with Crippen LogP contribution in [0.25, 0.3) is 17.2 Å². The molecule has 0 N–H and O–H groups in total. The molecule has 0 saturated carbocycles. The average Bonchev–Trinajstić information content (AvgIpc) is 2.98. The highest BCUT2D eigenvalue weighted by molar-refractivity contribution is 8.03. The van der Waals surface area contributed by atoms with Gasteiger partial charge in [-0.05, 0) is 37.1 Å². The molecule has 2 aromatic rings. The third-order valence-electron chi connectivity index (χ3n) is 3.96. The molecule has 0 radical (unpaired) electrons. The number of rotatable bonds is 11. The van der Waals surface area contributed by atoms with Crippen LogP contribution in [0.5, 0.6) is 0 Å². The molecule has 0 spiro atoms. The Morgan fingerprint density at radius 3 is 2.65 bits per heavy atom. The third-order valence-corrected chi connectivity index (χ3v) is 5.13. The lowest BCUT2D eigenvalue weighted by atomic mass is 10.1. The van der Waals surface area contributed by atoms with Crippen LogP contribution < -0.4 is 0 Å². The summed E-state index contributed by atoms with van der Waals surface area (Å²) in [6, 6.07) is 8.16. The Morgan fingerprint density at radius 2 is 1.83 bits per heavy atom. The zero-order chi connectivity index (χ0) is 16.3. The molecule has 3 nitrogen and oxygen atoms in total. The van der Waals surface area contributed by atoms with Crippen molar-refractivity contribution in [3.8, 4) is 0 Å². The molecule has 4 heteroatoms. The van der Waals surface area contributed by atoms with Gasteiger partial charge in [-0.2, -0.15) is 0 Å². The van der Waals surface area contributed by atoms with E-state index in [1.807, 2.05) is 34.6 Å². The first-order chi connectivity index (χ1) is 11.3. The molecular weight excluding hydrogens is 302 g/mol. The lowest BCUT2D eigenvalue weighted by Crippen LogP contribution is -1.93. The summed E-state index contributed by atoms with van der Waals surface area (Å²) in [5, 5.41) is 8.55. The van der Waals surface area contributed by atoms with Crippen molar-refractivity contribution in [2.75, 3.05) is 5.75 Å². The zero-order valence-electron chi connectivity index (χ0n) is 14.5. The van der Waals surface area contributed by atoms with E-state index >= 15 is 0 Å². The molecule has 0 atom stereocenters. The van der Waals surface area contributed by atoms with Gasteiger partial charge in [0.2, 0.25) is 0 Å². The fourth-order valence-corrected chi connectivity index (χ4v) is 3.70. The van der Waals surface area contributed by atoms with E-state index in [0.29, 0.717) is 0 Å². The molecule has 0 amide bonds. The number of hydrogen-bond donors (Lipinski definition) is 0. The number of fused-ring (bicyclic) bond motifs is 1. The quantitative estimate of drug-likeness (QED) is 0.464. The molecule has 0 fully saturated rings. The topological polar surface area (TPSA) is 30.7 Å². The first-order valence-corrected chi connectivity index (χ1v) is 9.97. The summed E-state index contributed by atoms with van der Waals surface area (Å²) in [7, 11) is 0. The van der Waals surface area contributed by atoms with E-state index in [9.17, 15) is 0 Å². The molecule has 0 saturated heterocycles. The fourth-order valence-electron chi connectivity index (χ4n) is 2.54. The van der Waals surface area contributed by atoms with Gasteiger partial charge >= 0.3 is 0 Å². The van der Waals surface area contributed by atoms with Gasteiger partial charge in [-0.1, -0.05) is 63.3 Å². The molecular formula is C19H29N3S. The van der Waals surface area contributed by atoms with E-state index < -0.39 is 0 Å². The zero-order valence-corrected chi connectivity index (χ0v) is 15.3. The SMILES string of the molecule is CCCCCCC/C(=C/n1nnc2ccccc21)SCCCC. The van der Waals surface area contributed by atoms with Crippen molar-refractivity contribution in [1.29, 1.82) is 0 Å². The summed E-state index contributed by atoms with van der Waals surface area (Å²) in [5.41, 5.74) is 2.05. The number of unbranched alkanes of at least 4 members (excludes halogenated alkanes) is 5. The number of allylic oxidation sites excluding steroid dienone is 1. The van der Waals surface area contributed by atoms with Gasteiger partial charge in [-0.15, -0.1) is 16.9 Å². The standard InChI is InChI=1S/C19H29N3S/c1-3-5-7-8-9-12-17(23-15-6-4-2)16-22-19-14-11-10-13-18(19)20-21-22/h10-11,13-14,16H,3-9,12,15H2,1-2H3/b17-16-. The second-order valence-corrected chi connectivity index (χ2v) is 7.21. The minimum Gasteiger partial charge on any atom is -0.219 e. The van der Waals surface area contributed by atoms with Gasteiger partial charge in [0, 0.05) is 11.1 Å². The minimum atomic E-state index is 0.963. The van der Waals surface area contributed by atoms with Crippen LogP contribution in [0.3, 0.4) is 0 Å². The molecule has 0 bridgehead atoms. The Kier molecular flexibility index (Phi) is 8.23. The van der Waals surface area contributed by atoms with E-state index in [1.165, 1.54) is 55.6 Å². The van der Waals surface area contributed by atoms with Crippen LogP contribution in [0.2, 0.25) is 0 Å². The van der Waals surface area contributed by atoms with Crippen LogP contribution in [0.15, 0.2) is 29.2 Å². The molecule has 1 aromatic heterocycles. The Bertz CT molecular complexity index is 603. The lowest BCUT2D eigenvalue weighted by Gasteiger charge is -2.07. The van der Waals surface area contributed by atoms with Gasteiger partial charge < -0.3 is 0 Å². The van der Waals surface area contributed by atoms with Crippen molar-refractivity contribution in [1.82, 2.24) is 15.0 Å². The van der Waals surface area contributed by atoms with Crippen LogP contribution in [0.4, 0.5) is 0 Å². The number of benzene rings is 1. The van der Waals surface area contributed by atoms with Crippen molar-refractivity contribution in [2.45, 2.75) is 65.2 Å². The maximum absolute atomic E-state index is 4.30. The monoisotopic (exact) mass is 331 g/mol. The van der Waals surface area contributed by atoms with Gasteiger partial charge in [-0.25, -0.2) is 4.68 Å². The van der Waals surface area contributed by atoms with Crippen LogP contribution in [0.1, 0.15) is 65.2 Å². The largest absolute Gasteiger partial charge is 0.219 e. The molecule has 0 aliphatic rings. The van der Waals surface area contributed by atoms with Crippen LogP contribution in [0, 0.1) is 0 Å². The number of para-hydroxylation sites is 1. The fraction of sp³-hybridized carbons (Fsp3) is 0.579. The first-order valence-electron chi connectivity index (χ1n) is 8.98. The van der Waals surface area contributed by atoms with E-state index in [4.69, 9.17) is 0 Å². The molecule has 126 valence electrons. The van der Waals surface area contributed by atoms with Crippen molar-refractivity contribution in [3.63, 3.8) is 0 Å². The molecule has 0 unspecified atom stereocenters. The molecule has 2 rings (SSSR count). The second-order valence-electron chi connectivity index (χ2n) is 5.98. The summed E-state index contributed by atoms with van der Waals surface area (Å²) < 4.78 is 1.94. The Labute approximate surface area is 144 Å². The van der Waals surface area contributed by atoms with Crippen LogP contribution >= 0.6 is 11.8 Å². The highest BCUT2D eigenvalue weighted by Gasteiger charge is 2.04. The molecule has 0 aliphatic heterocycles. The van der Waals surface area contributed by atoms with Crippen molar-refractivity contribution in [2.24, 2.45) is 0 Å². The highest BCUT2D eigenvalue weighted by atomic mass is 32.2. The van der Waals surface area contributed by atoms with E-state index in [-0.39, 0.29) is 0 Å². The van der Waals surface area contributed by atoms with Crippen molar-refractivity contribution < 1.29 is 0 Å². The summed E-state index contributed by atoms with van der Waals surface area (Å²) in [6.07, 6.45) is 12.5. The van der Waals surface area contributed by atoms with Gasteiger partial charge in [-0.3, -0.25) is 0 Å². The average molecular weight is 332 g/mol. The summed E-state index contributed by atoms with van der Waals surface area (Å²) in [6.45, 7) is 4.52. The van der Waals surface area contributed by atoms with Crippen molar-refractivity contribution >= 4 is 29.0 Å². The second kappa shape index (κ2) is 10.5. The lowest BCUT2D eigenvalue weighted by molar-refractivity contribution is 0.636. The van der Waals surface area contributed by atoms with E-state index in [2.05, 4.69) is 36.4 Å². The normalized spacial score (nSPS) is 12.2. The van der Waals surface area contributed by atoms with Gasteiger partial charge in [0.1, 0.15) is 5.52 Å². The van der Waals surface area contributed by atoms with Crippen LogP contribution in [-0.4, -0.2) is 20.7 Å². The summed E-state index contributed by atoms with van der Waals surface area (Å²) in [5.74, 6) is 1.20. The number of thioether (sulfide) groups is 1. The molecule has 1 aromatic carbocycles. The molecule has 0 aliphatic carbocycles. The van der Waals surface area contributed by atoms with Crippen molar-refractivity contribution in [3.05, 3.63) is 29.2 Å². The maximum Gasteiger partial charge on any atom is 0.113 e. The van der Waals surface area contributed by atoms with E-state index in [1.54, 1.807) is 0 Å². The number of nitrogens with zero attached hydrogens (tertiary/aromatic N) is 3. The predicted molar refractivity (Wildman–Crippen MR) is 103 cm³/mol. The number of aromatic nitrogens is 3. The maximum atomic E-state index is 4.30. The minimum absolute atomic E-state index is 0.963. The molecule has 23 heavy (non-hydrogen) atoms. The molecule has 1 heterocycles. The Balaban J connectivity index is 2.02. The Morgan fingerprint density at radius 1 is 1.04 bits per heavy atom. The summed E-state index contributed by atoms with van der Waals surface area (Å²) >= 11 is 1.99. The smallest absolute Gasteiger partial charge is 0.113 e. The van der Waals surface area contributed by atoms with Crippen LogP contribution in [-0.2, 0) is 0 Å². The van der Waals surface area contributed by atoms with Gasteiger partial charge in [0.15, 0.2) is 0 Å². The van der Waals surface area contributed by atoms with E-state index in [0.717, 1.165) is 17.5 Å². The number of hydrogen-bond acceptors (Lipinski definition) is 3. The highest BCUT2D eigenvalue weighted by Crippen LogP contribution is 2.25. The first kappa shape index (κ1) is 18.1.